The van der Waals surface area contributed by atoms with Gasteiger partial charge in [0.05, 0.1) is 0 Å². The second kappa shape index (κ2) is 3.95. The summed E-state index contributed by atoms with van der Waals surface area (Å²) in [5.74, 6) is 0.140. The van der Waals surface area contributed by atoms with E-state index in [1.807, 2.05) is 13.8 Å². The number of aryl methyl sites for hydroxylation is 1. The number of nitrogens with one attached hydrogen (secondary N) is 1. The van der Waals surface area contributed by atoms with Gasteiger partial charge in [-0.3, -0.25) is 0 Å². The molecule has 0 unspecified atom stereocenters. The SMILES string of the molecule is Cc1[c-]c(=S)[nH]c(O)c1C.[V+2]. The van der Waals surface area contributed by atoms with Gasteiger partial charge in [0.25, 0.3) is 0 Å². The minimum atomic E-state index is 0. The molecule has 4 heteroatoms. The third-order valence-electron chi connectivity index (χ3n) is 1.45. The molecule has 1 aromatic rings. The van der Waals surface area contributed by atoms with Crippen LogP contribution in [0.25, 0.3) is 0 Å². The quantitative estimate of drug-likeness (QED) is 0.501. The summed E-state index contributed by atoms with van der Waals surface area (Å²) < 4.78 is 0.445. The van der Waals surface area contributed by atoms with Crippen molar-refractivity contribution in [1.29, 1.82) is 0 Å². The van der Waals surface area contributed by atoms with Gasteiger partial charge in [-0.1, -0.05) is 19.1 Å². The first-order chi connectivity index (χ1) is 4.61. The smallest absolute Gasteiger partial charge is 0.509 e. The van der Waals surface area contributed by atoms with Crippen molar-refractivity contribution in [2.45, 2.75) is 13.8 Å². The van der Waals surface area contributed by atoms with E-state index in [-0.39, 0.29) is 24.4 Å². The molecule has 0 bridgehead atoms. The third-order valence-corrected chi connectivity index (χ3v) is 1.65. The first-order valence-electron chi connectivity index (χ1n) is 2.93. The molecular weight excluding hydrogens is 197 g/mol. The molecule has 0 amide bonds. The van der Waals surface area contributed by atoms with Crippen LogP contribution in [0.5, 0.6) is 5.88 Å². The molecule has 1 radical (unpaired) electrons. The fourth-order valence-corrected chi connectivity index (χ4v) is 0.924. The zero-order valence-corrected chi connectivity index (χ0v) is 8.52. The molecule has 0 saturated carbocycles. The van der Waals surface area contributed by atoms with Crippen LogP contribution in [-0.4, -0.2) is 10.1 Å². The van der Waals surface area contributed by atoms with E-state index in [2.05, 4.69) is 11.1 Å². The second-order valence-electron chi connectivity index (χ2n) is 2.18. The molecule has 2 N–H and O–H groups in total. The minimum Gasteiger partial charge on any atom is -0.509 e. The number of hydrogen-bond donors (Lipinski definition) is 2. The molecule has 11 heavy (non-hydrogen) atoms. The maximum absolute atomic E-state index is 9.14. The summed E-state index contributed by atoms with van der Waals surface area (Å²) >= 11 is 4.78. The van der Waals surface area contributed by atoms with Crippen molar-refractivity contribution in [3.63, 3.8) is 0 Å². The Morgan fingerprint density at radius 2 is 2.00 bits per heavy atom. The van der Waals surface area contributed by atoms with Gasteiger partial charge in [0, 0.05) is 4.64 Å². The van der Waals surface area contributed by atoms with Gasteiger partial charge in [0.2, 0.25) is 0 Å². The van der Waals surface area contributed by atoms with E-state index in [0.717, 1.165) is 11.1 Å². The molecule has 0 saturated heterocycles. The Kier molecular flexibility index (Phi) is 3.86. The zero-order chi connectivity index (χ0) is 7.72. The fourth-order valence-electron chi connectivity index (χ4n) is 0.674. The number of aromatic nitrogens is 1. The maximum Gasteiger partial charge on any atom is 2.00 e. The molecule has 0 aliphatic rings. The van der Waals surface area contributed by atoms with E-state index in [9.17, 15) is 0 Å². The summed E-state index contributed by atoms with van der Waals surface area (Å²) in [7, 11) is 0. The number of hydrogen-bond acceptors (Lipinski definition) is 2. The van der Waals surface area contributed by atoms with Gasteiger partial charge in [-0.2, -0.15) is 0 Å². The predicted molar refractivity (Wildman–Crippen MR) is 41.6 cm³/mol. The van der Waals surface area contributed by atoms with Crippen molar-refractivity contribution >= 4 is 12.2 Å². The fraction of sp³-hybridized carbons (Fsp3) is 0.286. The molecule has 0 aliphatic heterocycles. The Morgan fingerprint density at radius 3 is 2.45 bits per heavy atom. The van der Waals surface area contributed by atoms with Gasteiger partial charge in [-0.15, -0.1) is 12.5 Å². The molecule has 0 aliphatic carbocycles. The average Bonchev–Trinajstić information content (AvgIpc) is 1.82. The van der Waals surface area contributed by atoms with Crippen molar-refractivity contribution in [2.24, 2.45) is 0 Å². The molecular formula is C7H8NOSV+. The molecule has 0 aromatic carbocycles. The van der Waals surface area contributed by atoms with Gasteiger partial charge in [-0.25, -0.2) is 11.6 Å². The summed E-state index contributed by atoms with van der Waals surface area (Å²) in [5.41, 5.74) is 1.69. The third kappa shape index (κ3) is 2.36. The van der Waals surface area contributed by atoms with Crippen molar-refractivity contribution in [1.82, 2.24) is 4.98 Å². The van der Waals surface area contributed by atoms with Crippen LogP contribution in [0.2, 0.25) is 0 Å². The first kappa shape index (κ1) is 10.8. The van der Waals surface area contributed by atoms with E-state index in [1.165, 1.54) is 0 Å². The summed E-state index contributed by atoms with van der Waals surface area (Å²) in [5, 5.41) is 9.14. The number of aromatic amines is 1. The Labute approximate surface area is 82.5 Å². The van der Waals surface area contributed by atoms with Crippen LogP contribution in [0.15, 0.2) is 0 Å². The molecule has 57 valence electrons. The van der Waals surface area contributed by atoms with E-state index in [0.29, 0.717) is 4.64 Å². The summed E-state index contributed by atoms with van der Waals surface area (Å²) in [6, 6.07) is 2.88. The Morgan fingerprint density at radius 1 is 1.45 bits per heavy atom. The molecule has 0 fully saturated rings. The molecule has 1 aromatic heterocycles. The maximum atomic E-state index is 9.14. The van der Waals surface area contributed by atoms with Crippen molar-refractivity contribution in [3.8, 4) is 5.88 Å². The largest absolute Gasteiger partial charge is 2.00 e. The topological polar surface area (TPSA) is 36.0 Å². The minimum absolute atomic E-state index is 0. The van der Waals surface area contributed by atoms with Crippen molar-refractivity contribution in [3.05, 3.63) is 21.8 Å². The van der Waals surface area contributed by atoms with Crippen LogP contribution < -0.4 is 0 Å². The standard InChI is InChI=1S/C7H8NOS.V/c1-4-3-6(10)8-7(9)5(4)2;/h1-2H3,(H2,8,9,10);/q-1;+2. The Bertz CT molecular complexity index is 282. The Hall–Kier alpha value is -0.246. The molecule has 1 heterocycles. The van der Waals surface area contributed by atoms with E-state index >= 15 is 0 Å². The van der Waals surface area contributed by atoms with E-state index < -0.39 is 0 Å². The number of pyridine rings is 1. The van der Waals surface area contributed by atoms with Gasteiger partial charge < -0.3 is 10.1 Å². The molecule has 0 spiro atoms. The average molecular weight is 205 g/mol. The summed E-state index contributed by atoms with van der Waals surface area (Å²) in [6.07, 6.45) is 0. The van der Waals surface area contributed by atoms with E-state index in [1.54, 1.807) is 0 Å². The molecule has 0 atom stereocenters. The van der Waals surface area contributed by atoms with Crippen molar-refractivity contribution < 1.29 is 23.7 Å². The van der Waals surface area contributed by atoms with Crippen LogP contribution in [0, 0.1) is 24.6 Å². The van der Waals surface area contributed by atoms with Gasteiger partial charge in [0.1, 0.15) is 5.88 Å². The zero-order valence-electron chi connectivity index (χ0n) is 6.30. The molecule has 2 nitrogen and oxygen atoms in total. The number of rotatable bonds is 0. The molecule has 1 rings (SSSR count). The van der Waals surface area contributed by atoms with Crippen LogP contribution >= 0.6 is 12.2 Å². The number of H-pyrrole nitrogens is 1. The van der Waals surface area contributed by atoms with Gasteiger partial charge in [0.15, 0.2) is 0 Å². The van der Waals surface area contributed by atoms with E-state index in [4.69, 9.17) is 17.3 Å². The van der Waals surface area contributed by atoms with Gasteiger partial charge >= 0.3 is 18.6 Å². The Balaban J connectivity index is 0.000001000. The van der Waals surface area contributed by atoms with Crippen molar-refractivity contribution in [2.75, 3.05) is 0 Å². The monoisotopic (exact) mass is 205 g/mol. The van der Waals surface area contributed by atoms with Crippen LogP contribution in [-0.2, 0) is 18.6 Å². The second-order valence-corrected chi connectivity index (χ2v) is 2.59. The normalized spacial score (nSPS) is 8.91. The van der Waals surface area contributed by atoms with Crippen LogP contribution in [0.1, 0.15) is 11.1 Å². The summed E-state index contributed by atoms with van der Waals surface area (Å²) in [4.78, 5) is 2.59. The number of aromatic hydroxyl groups is 1. The van der Waals surface area contributed by atoms with Gasteiger partial charge in [-0.05, 0) is 0 Å². The van der Waals surface area contributed by atoms with Crippen LogP contribution in [0.4, 0.5) is 0 Å². The predicted octanol–water partition coefficient (Wildman–Crippen LogP) is 1.86. The van der Waals surface area contributed by atoms with Crippen LogP contribution in [0.3, 0.4) is 0 Å². The summed E-state index contributed by atoms with van der Waals surface area (Å²) in [6.45, 7) is 3.67. The first-order valence-corrected chi connectivity index (χ1v) is 3.34.